The minimum absolute atomic E-state index is 0.101. The largest absolute Gasteiger partial charge is 0.472 e. The summed E-state index contributed by atoms with van der Waals surface area (Å²) in [5.74, 6) is 0.829. The van der Waals surface area contributed by atoms with Crippen LogP contribution in [0.1, 0.15) is 344 Å². The molecule has 0 radical (unpaired) electrons. The normalized spacial score (nSPS) is 14.6. The molecule has 0 aromatic carbocycles. The average Bonchev–Trinajstić information content (AvgIpc) is 3.65. The molecule has 0 saturated heterocycles. The third-order valence-electron chi connectivity index (χ3n) is 16.4. The number of hydrogen-bond donors (Lipinski definition) is 3. The van der Waals surface area contributed by atoms with Crippen LogP contribution in [0.5, 0.6) is 0 Å². The van der Waals surface area contributed by atoms with Crippen LogP contribution in [0.2, 0.25) is 0 Å². The summed E-state index contributed by atoms with van der Waals surface area (Å²) in [6, 6.07) is 0. The fraction of sp³-hybridized carbons (Fsp3) is 0.943. The van der Waals surface area contributed by atoms with Gasteiger partial charge >= 0.3 is 39.5 Å². The van der Waals surface area contributed by atoms with Crippen molar-refractivity contribution in [1.82, 2.24) is 0 Å². The third-order valence-corrected chi connectivity index (χ3v) is 18.3. The molecule has 0 aromatic rings. The smallest absolute Gasteiger partial charge is 0.462 e. The number of hydrogen-bond acceptors (Lipinski definition) is 15. The number of esters is 4. The minimum atomic E-state index is -4.95. The van der Waals surface area contributed by atoms with E-state index < -0.39 is 97.5 Å². The van der Waals surface area contributed by atoms with Crippen molar-refractivity contribution >= 4 is 39.5 Å². The van der Waals surface area contributed by atoms with Crippen molar-refractivity contribution in [3.8, 4) is 0 Å². The van der Waals surface area contributed by atoms with E-state index in [9.17, 15) is 43.2 Å². The summed E-state index contributed by atoms with van der Waals surface area (Å²) in [5, 5.41) is 10.6. The number of carbonyl (C=O) groups excluding carboxylic acids is 4. The van der Waals surface area contributed by atoms with E-state index in [2.05, 4.69) is 55.4 Å². The monoisotopic (exact) mass is 1310 g/mol. The molecule has 19 heteroatoms. The first-order valence-electron chi connectivity index (χ1n) is 36.2. The van der Waals surface area contributed by atoms with Crippen molar-refractivity contribution in [3.05, 3.63) is 0 Å². The average molecular weight is 1310 g/mol. The quantitative estimate of drug-likeness (QED) is 0.0222. The van der Waals surface area contributed by atoms with Crippen molar-refractivity contribution < 1.29 is 80.2 Å². The van der Waals surface area contributed by atoms with Gasteiger partial charge in [0.2, 0.25) is 0 Å². The Balaban J connectivity index is 5.20. The van der Waals surface area contributed by atoms with Crippen LogP contribution in [0.15, 0.2) is 0 Å². The summed E-state index contributed by atoms with van der Waals surface area (Å²) >= 11 is 0. The molecule has 0 aliphatic carbocycles. The number of rotatable bonds is 67. The first-order valence-corrected chi connectivity index (χ1v) is 39.2. The molecule has 0 aliphatic heterocycles. The van der Waals surface area contributed by atoms with E-state index in [0.29, 0.717) is 37.5 Å². The van der Waals surface area contributed by atoms with Gasteiger partial charge in [0.1, 0.15) is 19.3 Å². The Bertz CT molecular complexity index is 1770. The van der Waals surface area contributed by atoms with Gasteiger partial charge in [0.25, 0.3) is 0 Å². The lowest BCUT2D eigenvalue weighted by Gasteiger charge is -2.21. The van der Waals surface area contributed by atoms with Gasteiger partial charge in [0.05, 0.1) is 26.4 Å². The minimum Gasteiger partial charge on any atom is -0.462 e. The van der Waals surface area contributed by atoms with Gasteiger partial charge in [-0.15, -0.1) is 0 Å². The fourth-order valence-electron chi connectivity index (χ4n) is 10.5. The van der Waals surface area contributed by atoms with Crippen LogP contribution in [0.25, 0.3) is 0 Å². The SMILES string of the molecule is CCC(C)CCCCCCCCCCCCCCCCC(=O)O[C@H](COC(=O)CCCCCCCCCC(C)C)COP(=O)(O)OCC(O)COP(=O)(O)OC[C@@H](COC(=O)CCCCCCCCCCCC(C)C)OC(=O)CCCCCCCCC(C)C. The van der Waals surface area contributed by atoms with Gasteiger partial charge < -0.3 is 33.8 Å². The van der Waals surface area contributed by atoms with Crippen LogP contribution in [-0.2, 0) is 65.4 Å². The van der Waals surface area contributed by atoms with Crippen LogP contribution in [0, 0.1) is 23.7 Å². The Morgan fingerprint density at radius 2 is 0.539 bits per heavy atom. The highest BCUT2D eigenvalue weighted by atomic mass is 31.2. The molecule has 0 fully saturated rings. The molecule has 89 heavy (non-hydrogen) atoms. The molecule has 0 saturated carbocycles. The van der Waals surface area contributed by atoms with E-state index in [1.165, 1.54) is 141 Å². The summed E-state index contributed by atoms with van der Waals surface area (Å²) in [6.45, 7) is 14.0. The Hall–Kier alpha value is -1.94. The lowest BCUT2D eigenvalue weighted by Crippen LogP contribution is -2.30. The highest BCUT2D eigenvalue weighted by Gasteiger charge is 2.30. The second-order valence-electron chi connectivity index (χ2n) is 26.9. The van der Waals surface area contributed by atoms with E-state index in [1.807, 2.05) is 0 Å². The molecular weight excluding hydrogens is 1170 g/mol. The molecule has 0 aromatic heterocycles. The van der Waals surface area contributed by atoms with E-state index in [4.69, 9.17) is 37.0 Å². The zero-order chi connectivity index (χ0) is 66.1. The number of aliphatic hydroxyl groups is 1. The standard InChI is InChI=1S/C70H136O17P2/c1-9-63(8)49-41-33-24-18-14-12-10-11-13-15-19-26-36-44-52-69(74)86-65(56-81-68(73)51-43-35-27-21-23-31-39-47-61(4)5)58-84-88(76,77)82-54-64(71)55-83-89(78,79)85-59-66(87-70(75)53-45-37-29-28-32-40-48-62(6)7)57-80-67(72)50-42-34-25-20-16-17-22-30-38-46-60(2)3/h60-66,71H,9-59H2,1-8H3,(H,76,77)(H,78,79)/t63?,64?,65-,66-/m1/s1. The molecule has 0 aliphatic rings. The van der Waals surface area contributed by atoms with E-state index in [0.717, 1.165) is 108 Å². The molecule has 3 N–H and O–H groups in total. The highest BCUT2D eigenvalue weighted by Crippen LogP contribution is 2.45. The summed E-state index contributed by atoms with van der Waals surface area (Å²) in [7, 11) is -9.90. The van der Waals surface area contributed by atoms with Crippen LogP contribution in [0.3, 0.4) is 0 Å². The molecule has 0 heterocycles. The van der Waals surface area contributed by atoms with E-state index in [1.54, 1.807) is 0 Å². The van der Waals surface area contributed by atoms with Gasteiger partial charge in [0, 0.05) is 25.7 Å². The predicted molar refractivity (Wildman–Crippen MR) is 358 cm³/mol. The number of carbonyl (C=O) groups is 4. The second kappa shape index (κ2) is 59.8. The van der Waals surface area contributed by atoms with Crippen molar-refractivity contribution in [3.63, 3.8) is 0 Å². The Morgan fingerprint density at radius 1 is 0.315 bits per heavy atom. The number of unbranched alkanes of at least 4 members (excludes halogenated alkanes) is 32. The summed E-state index contributed by atoms with van der Waals surface area (Å²) in [4.78, 5) is 72.4. The topological polar surface area (TPSA) is 237 Å². The number of phosphoric ester groups is 2. The van der Waals surface area contributed by atoms with Crippen molar-refractivity contribution in [1.29, 1.82) is 0 Å². The molecular formula is C70H136O17P2. The first-order chi connectivity index (χ1) is 42.6. The molecule has 6 atom stereocenters. The van der Waals surface area contributed by atoms with Crippen LogP contribution in [0.4, 0.5) is 0 Å². The van der Waals surface area contributed by atoms with Gasteiger partial charge in [-0.25, -0.2) is 9.13 Å². The molecule has 528 valence electrons. The van der Waals surface area contributed by atoms with Crippen LogP contribution in [-0.4, -0.2) is 96.7 Å². The Morgan fingerprint density at radius 3 is 0.798 bits per heavy atom. The van der Waals surface area contributed by atoms with E-state index >= 15 is 0 Å². The maximum absolute atomic E-state index is 13.0. The van der Waals surface area contributed by atoms with Gasteiger partial charge in [-0.3, -0.25) is 37.3 Å². The first kappa shape index (κ1) is 87.1. The summed E-state index contributed by atoms with van der Waals surface area (Å²) in [6.07, 6.45) is 41.9. The zero-order valence-corrected chi connectivity index (χ0v) is 59.8. The number of phosphoric acid groups is 2. The molecule has 0 bridgehead atoms. The molecule has 0 rings (SSSR count). The number of ether oxygens (including phenoxy) is 4. The van der Waals surface area contributed by atoms with E-state index in [-0.39, 0.29) is 25.7 Å². The zero-order valence-electron chi connectivity index (χ0n) is 58.1. The molecule has 17 nitrogen and oxygen atoms in total. The maximum Gasteiger partial charge on any atom is 0.472 e. The molecule has 0 spiro atoms. The lowest BCUT2D eigenvalue weighted by atomic mass is 9.99. The molecule has 4 unspecified atom stereocenters. The fourth-order valence-corrected chi connectivity index (χ4v) is 12.0. The summed E-state index contributed by atoms with van der Waals surface area (Å²) in [5.41, 5.74) is 0. The number of aliphatic hydroxyl groups excluding tert-OH is 1. The van der Waals surface area contributed by atoms with Gasteiger partial charge in [-0.2, -0.15) is 0 Å². The highest BCUT2D eigenvalue weighted by molar-refractivity contribution is 7.47. The Labute approximate surface area is 543 Å². The van der Waals surface area contributed by atoms with Crippen molar-refractivity contribution in [2.45, 2.75) is 363 Å². The van der Waals surface area contributed by atoms with Gasteiger partial charge in [0.15, 0.2) is 12.2 Å². The van der Waals surface area contributed by atoms with Crippen LogP contribution >= 0.6 is 15.6 Å². The third kappa shape index (κ3) is 63.2. The maximum atomic E-state index is 13.0. The predicted octanol–water partition coefficient (Wildman–Crippen LogP) is 19.7. The second-order valence-corrected chi connectivity index (χ2v) is 29.8. The van der Waals surface area contributed by atoms with Crippen LogP contribution < -0.4 is 0 Å². The van der Waals surface area contributed by atoms with Crippen molar-refractivity contribution in [2.24, 2.45) is 23.7 Å². The Kier molecular flexibility index (Phi) is 58.5. The van der Waals surface area contributed by atoms with Gasteiger partial charge in [-0.1, -0.05) is 293 Å². The molecule has 0 amide bonds. The van der Waals surface area contributed by atoms with Gasteiger partial charge in [-0.05, 0) is 49.4 Å². The summed E-state index contributed by atoms with van der Waals surface area (Å²) < 4.78 is 68.2. The van der Waals surface area contributed by atoms with Crippen molar-refractivity contribution in [2.75, 3.05) is 39.6 Å². The lowest BCUT2D eigenvalue weighted by molar-refractivity contribution is -0.161.